The second-order valence-electron chi connectivity index (χ2n) is 11.9. The first-order valence-corrected chi connectivity index (χ1v) is 14.8. The number of carbonyl (C=O) groups is 6. The Labute approximate surface area is 260 Å². The maximum atomic E-state index is 12.8. The van der Waals surface area contributed by atoms with Crippen molar-refractivity contribution in [3.63, 3.8) is 0 Å². The molecule has 248 valence electrons. The molecular weight excluding hydrogens is 596 g/mol. The van der Waals surface area contributed by atoms with Gasteiger partial charge in [0.1, 0.15) is 24.9 Å². The summed E-state index contributed by atoms with van der Waals surface area (Å²) < 4.78 is 45.6. The minimum atomic E-state index is -1.41. The molecule has 0 spiro atoms. The van der Waals surface area contributed by atoms with Crippen LogP contribution in [0.5, 0.6) is 0 Å². The van der Waals surface area contributed by atoms with Crippen LogP contribution in [0.25, 0.3) is 0 Å². The van der Waals surface area contributed by atoms with Gasteiger partial charge in [0.25, 0.3) is 0 Å². The van der Waals surface area contributed by atoms with Crippen LogP contribution >= 0.6 is 0 Å². The zero-order valence-corrected chi connectivity index (χ0v) is 26.2. The SMILES string of the molecule is C=C1[C@@H]2[C@H]3OC(=O)[C@@H](C)[C@@H]3[C@@H](OC(C)=O)CC(=C)[C@@H]2C[C@@H]1O[C@@H]1O[C@H](COC(C)=O)[C@@H](OC(C)=O)[C@H](OC(C)=O)[C@H]1OC(C)=O. The molecule has 4 rings (SSSR count). The first-order valence-electron chi connectivity index (χ1n) is 14.8. The highest BCUT2D eigenvalue weighted by atomic mass is 16.7. The minimum absolute atomic E-state index is 0.278. The molecule has 0 aromatic carbocycles. The van der Waals surface area contributed by atoms with E-state index in [0.29, 0.717) is 18.4 Å². The lowest BCUT2D eigenvalue weighted by atomic mass is 9.79. The summed E-state index contributed by atoms with van der Waals surface area (Å²) in [6, 6.07) is 0. The van der Waals surface area contributed by atoms with Crippen molar-refractivity contribution >= 4 is 35.8 Å². The van der Waals surface area contributed by atoms with Crippen molar-refractivity contribution in [2.75, 3.05) is 6.61 Å². The predicted octanol–water partition coefficient (Wildman–Crippen LogP) is 1.72. The Hall–Kier alpha value is -3.78. The van der Waals surface area contributed by atoms with Crippen LogP contribution in [0.3, 0.4) is 0 Å². The summed E-state index contributed by atoms with van der Waals surface area (Å²) in [7, 11) is 0. The quantitative estimate of drug-likeness (QED) is 0.214. The molecule has 0 bridgehead atoms. The number of fused-ring (bicyclic) bond motifs is 3. The zero-order chi connectivity index (χ0) is 33.3. The van der Waals surface area contributed by atoms with Crippen LogP contribution in [0.15, 0.2) is 24.3 Å². The highest BCUT2D eigenvalue weighted by molar-refractivity contribution is 5.75. The van der Waals surface area contributed by atoms with Crippen molar-refractivity contribution in [2.24, 2.45) is 23.7 Å². The predicted molar refractivity (Wildman–Crippen MR) is 149 cm³/mol. The molecule has 14 nitrogen and oxygen atoms in total. The number of esters is 6. The Balaban J connectivity index is 1.67. The van der Waals surface area contributed by atoms with Crippen LogP contribution in [-0.2, 0) is 66.7 Å². The summed E-state index contributed by atoms with van der Waals surface area (Å²) in [5, 5.41) is 0. The summed E-state index contributed by atoms with van der Waals surface area (Å²) in [6.07, 6.45) is -8.12. The van der Waals surface area contributed by atoms with Crippen LogP contribution in [0, 0.1) is 23.7 Å². The van der Waals surface area contributed by atoms with E-state index in [9.17, 15) is 28.8 Å². The Morgan fingerprint density at radius 1 is 0.822 bits per heavy atom. The zero-order valence-electron chi connectivity index (χ0n) is 26.2. The molecule has 2 aliphatic heterocycles. The number of hydrogen-bond acceptors (Lipinski definition) is 14. The van der Waals surface area contributed by atoms with E-state index in [2.05, 4.69) is 13.2 Å². The third-order valence-electron chi connectivity index (χ3n) is 8.66. The maximum absolute atomic E-state index is 12.8. The first-order chi connectivity index (χ1) is 21.1. The van der Waals surface area contributed by atoms with Crippen molar-refractivity contribution in [3.05, 3.63) is 24.3 Å². The van der Waals surface area contributed by atoms with Crippen molar-refractivity contribution in [3.8, 4) is 0 Å². The lowest BCUT2D eigenvalue weighted by Crippen LogP contribution is -2.63. The van der Waals surface area contributed by atoms with Crippen molar-refractivity contribution in [1.29, 1.82) is 0 Å². The normalized spacial score (nSPS) is 37.3. The molecule has 2 heterocycles. The van der Waals surface area contributed by atoms with Gasteiger partial charge in [-0.05, 0) is 17.9 Å². The second-order valence-corrected chi connectivity index (χ2v) is 11.9. The second kappa shape index (κ2) is 13.7. The smallest absolute Gasteiger partial charge is 0.309 e. The van der Waals surface area contributed by atoms with Gasteiger partial charge in [0, 0.05) is 52.9 Å². The van der Waals surface area contributed by atoms with Gasteiger partial charge in [-0.1, -0.05) is 25.7 Å². The van der Waals surface area contributed by atoms with E-state index in [1.165, 1.54) is 13.8 Å². The maximum Gasteiger partial charge on any atom is 0.309 e. The number of hydrogen-bond donors (Lipinski definition) is 0. The summed E-state index contributed by atoms with van der Waals surface area (Å²) >= 11 is 0. The molecule has 2 saturated carbocycles. The fourth-order valence-electron chi connectivity index (χ4n) is 6.95. The average Bonchev–Trinajstić information content (AvgIpc) is 3.35. The van der Waals surface area contributed by atoms with Crippen LogP contribution in [0.1, 0.15) is 54.4 Å². The molecule has 14 heteroatoms. The molecule has 0 aromatic rings. The summed E-state index contributed by atoms with van der Waals surface area (Å²) in [5.41, 5.74) is 1.31. The van der Waals surface area contributed by atoms with E-state index in [1.54, 1.807) is 6.92 Å². The molecule has 0 unspecified atom stereocenters. The molecular formula is C31H40O14. The van der Waals surface area contributed by atoms with Gasteiger partial charge in [0.2, 0.25) is 0 Å². The highest BCUT2D eigenvalue weighted by Crippen LogP contribution is 2.54. The van der Waals surface area contributed by atoms with Gasteiger partial charge in [-0.25, -0.2) is 0 Å². The van der Waals surface area contributed by atoms with Crippen LogP contribution in [0.2, 0.25) is 0 Å². The third-order valence-corrected chi connectivity index (χ3v) is 8.66. The van der Waals surface area contributed by atoms with E-state index in [0.717, 1.165) is 26.3 Å². The van der Waals surface area contributed by atoms with Crippen molar-refractivity contribution < 1.29 is 66.7 Å². The lowest BCUT2D eigenvalue weighted by molar-refractivity contribution is -0.314. The molecule has 45 heavy (non-hydrogen) atoms. The molecule has 2 aliphatic carbocycles. The van der Waals surface area contributed by atoms with Gasteiger partial charge in [0.05, 0.1) is 12.0 Å². The number of ether oxygens (including phenoxy) is 8. The summed E-state index contributed by atoms with van der Waals surface area (Å²) in [5.74, 6) is -5.52. The molecule has 0 N–H and O–H groups in total. The van der Waals surface area contributed by atoms with Gasteiger partial charge < -0.3 is 37.9 Å². The van der Waals surface area contributed by atoms with Crippen molar-refractivity contribution in [1.82, 2.24) is 0 Å². The van der Waals surface area contributed by atoms with Gasteiger partial charge in [-0.3, -0.25) is 28.8 Å². The topological polar surface area (TPSA) is 176 Å². The van der Waals surface area contributed by atoms with E-state index in [1.807, 2.05) is 0 Å². The minimum Gasteiger partial charge on any atom is -0.463 e. The average molecular weight is 637 g/mol. The van der Waals surface area contributed by atoms with E-state index in [4.69, 9.17) is 37.9 Å². The molecule has 2 saturated heterocycles. The standard InChI is InChI=1S/C31H40O14/c1-12-9-22(39-16(5)33)25-14(3)30(37)45-27(25)24-13(2)21(10-20(12)24)43-31-29(42-19(8)36)28(41-18(7)35)26(40-17(6)34)23(44-31)11-38-15(4)32/h14,20-29,31H,1-2,9-11H2,3-8H3/t14-,20-,21-,22-,23+,24-,25+,26+,27+,28-,29+,31+/m0/s1. The molecule has 4 fully saturated rings. The Kier molecular flexibility index (Phi) is 10.4. The molecule has 4 aliphatic rings. The van der Waals surface area contributed by atoms with E-state index < -0.39 is 109 Å². The number of rotatable bonds is 8. The van der Waals surface area contributed by atoms with Crippen molar-refractivity contribution in [2.45, 2.75) is 103 Å². The van der Waals surface area contributed by atoms with E-state index >= 15 is 0 Å². The molecule has 12 atom stereocenters. The fourth-order valence-corrected chi connectivity index (χ4v) is 6.95. The Morgan fingerprint density at radius 2 is 1.40 bits per heavy atom. The Morgan fingerprint density at radius 3 is 1.98 bits per heavy atom. The molecule has 0 radical (unpaired) electrons. The Bertz CT molecular complexity index is 1260. The summed E-state index contributed by atoms with van der Waals surface area (Å²) in [6.45, 7) is 15.8. The highest BCUT2D eigenvalue weighted by Gasteiger charge is 2.60. The fraction of sp³-hybridized carbons (Fsp3) is 0.677. The van der Waals surface area contributed by atoms with Crippen LogP contribution < -0.4 is 0 Å². The van der Waals surface area contributed by atoms with Crippen LogP contribution in [0.4, 0.5) is 0 Å². The molecule has 0 aromatic heterocycles. The third kappa shape index (κ3) is 7.38. The summed E-state index contributed by atoms with van der Waals surface area (Å²) in [4.78, 5) is 72.8. The first kappa shape index (κ1) is 34.1. The monoisotopic (exact) mass is 636 g/mol. The largest absolute Gasteiger partial charge is 0.463 e. The van der Waals surface area contributed by atoms with Gasteiger partial charge >= 0.3 is 35.8 Å². The number of carbonyl (C=O) groups excluding carboxylic acids is 6. The lowest BCUT2D eigenvalue weighted by Gasteiger charge is -2.44. The van der Waals surface area contributed by atoms with Crippen LogP contribution in [-0.4, -0.2) is 91.4 Å². The van der Waals surface area contributed by atoms with Gasteiger partial charge in [0.15, 0.2) is 24.6 Å². The molecule has 0 amide bonds. The van der Waals surface area contributed by atoms with Gasteiger partial charge in [-0.2, -0.15) is 0 Å². The van der Waals surface area contributed by atoms with Gasteiger partial charge in [-0.15, -0.1) is 0 Å². The van der Waals surface area contributed by atoms with E-state index in [-0.39, 0.29) is 5.92 Å².